The van der Waals surface area contributed by atoms with Crippen LogP contribution in [0.4, 0.5) is 5.69 Å². The highest BCUT2D eigenvalue weighted by Gasteiger charge is 2.32. The van der Waals surface area contributed by atoms with Gasteiger partial charge in [0.25, 0.3) is 0 Å². The standard InChI is InChI=1S/C20H30N4O2S.ClH/c1-15-3-5-17(6-4-15)22-19(25)14-27-16(2)20(26)24-10-7-18(13-24)23-11-8-21-9-12-23;/h3-6,16,18,21H,7-14H2,1-2H3,(H,22,25);1H. The second-order valence-electron chi connectivity index (χ2n) is 7.38. The summed E-state index contributed by atoms with van der Waals surface area (Å²) >= 11 is 1.41. The van der Waals surface area contributed by atoms with Crippen molar-refractivity contribution in [3.05, 3.63) is 29.8 Å². The van der Waals surface area contributed by atoms with E-state index in [-0.39, 0.29) is 35.2 Å². The van der Waals surface area contributed by atoms with E-state index in [9.17, 15) is 9.59 Å². The van der Waals surface area contributed by atoms with Crippen molar-refractivity contribution in [2.24, 2.45) is 0 Å². The summed E-state index contributed by atoms with van der Waals surface area (Å²) in [7, 11) is 0. The normalized spacial score (nSPS) is 21.1. The Morgan fingerprint density at radius 3 is 2.57 bits per heavy atom. The number of hydrogen-bond acceptors (Lipinski definition) is 5. The van der Waals surface area contributed by atoms with E-state index in [0.29, 0.717) is 6.04 Å². The fourth-order valence-electron chi connectivity index (χ4n) is 3.65. The van der Waals surface area contributed by atoms with Crippen LogP contribution in [-0.4, -0.2) is 77.9 Å². The average molecular weight is 427 g/mol. The molecule has 8 heteroatoms. The Kier molecular flexibility index (Phi) is 9.08. The molecule has 3 rings (SSSR count). The first-order valence-corrected chi connectivity index (χ1v) is 10.8. The summed E-state index contributed by atoms with van der Waals surface area (Å²) in [6, 6.07) is 8.21. The van der Waals surface area contributed by atoms with Gasteiger partial charge in [-0.15, -0.1) is 24.2 Å². The van der Waals surface area contributed by atoms with Crippen molar-refractivity contribution in [1.82, 2.24) is 15.1 Å². The summed E-state index contributed by atoms with van der Waals surface area (Å²) in [6.45, 7) is 9.77. The molecule has 2 atom stereocenters. The number of piperazine rings is 1. The van der Waals surface area contributed by atoms with Crippen LogP contribution in [0.15, 0.2) is 24.3 Å². The lowest BCUT2D eigenvalue weighted by Crippen LogP contribution is -2.49. The molecule has 0 bridgehead atoms. The Morgan fingerprint density at radius 1 is 1.21 bits per heavy atom. The number of nitrogens with one attached hydrogen (secondary N) is 2. The van der Waals surface area contributed by atoms with Crippen LogP contribution >= 0.6 is 24.2 Å². The van der Waals surface area contributed by atoms with Crippen molar-refractivity contribution in [1.29, 1.82) is 0 Å². The molecule has 156 valence electrons. The van der Waals surface area contributed by atoms with E-state index in [2.05, 4.69) is 15.5 Å². The number of amides is 2. The second kappa shape index (κ2) is 11.0. The Labute approximate surface area is 178 Å². The molecule has 2 saturated heterocycles. The van der Waals surface area contributed by atoms with Gasteiger partial charge in [0, 0.05) is 51.0 Å². The number of carbonyl (C=O) groups is 2. The highest BCUT2D eigenvalue weighted by atomic mass is 35.5. The number of thioether (sulfide) groups is 1. The molecule has 2 heterocycles. The monoisotopic (exact) mass is 426 g/mol. The molecule has 2 fully saturated rings. The van der Waals surface area contributed by atoms with Gasteiger partial charge in [0.05, 0.1) is 11.0 Å². The lowest BCUT2D eigenvalue weighted by atomic mass is 10.2. The number of aryl methyl sites for hydroxylation is 1. The van der Waals surface area contributed by atoms with Gasteiger partial charge in [0.15, 0.2) is 0 Å². The third-order valence-electron chi connectivity index (χ3n) is 5.29. The summed E-state index contributed by atoms with van der Waals surface area (Å²) in [6.07, 6.45) is 1.05. The summed E-state index contributed by atoms with van der Waals surface area (Å²) in [5, 5.41) is 6.06. The highest BCUT2D eigenvalue weighted by molar-refractivity contribution is 8.01. The lowest BCUT2D eigenvalue weighted by Gasteiger charge is -2.32. The van der Waals surface area contributed by atoms with Gasteiger partial charge >= 0.3 is 0 Å². The SMILES string of the molecule is Cc1ccc(NC(=O)CSC(C)C(=O)N2CCC(N3CCNCC3)C2)cc1.Cl. The Morgan fingerprint density at radius 2 is 1.89 bits per heavy atom. The topological polar surface area (TPSA) is 64.7 Å². The van der Waals surface area contributed by atoms with Crippen LogP contribution in [0.1, 0.15) is 18.9 Å². The van der Waals surface area contributed by atoms with Gasteiger partial charge in [0.2, 0.25) is 11.8 Å². The fourth-order valence-corrected chi connectivity index (χ4v) is 4.42. The molecule has 0 saturated carbocycles. The zero-order valence-electron chi connectivity index (χ0n) is 16.6. The van der Waals surface area contributed by atoms with Crippen LogP contribution in [0.3, 0.4) is 0 Å². The number of nitrogens with zero attached hydrogens (tertiary/aromatic N) is 2. The molecule has 0 aromatic heterocycles. The fraction of sp³-hybridized carbons (Fsp3) is 0.600. The number of halogens is 1. The largest absolute Gasteiger partial charge is 0.340 e. The molecule has 0 spiro atoms. The van der Waals surface area contributed by atoms with Gasteiger partial charge in [0.1, 0.15) is 0 Å². The van der Waals surface area contributed by atoms with Gasteiger partial charge in [-0.2, -0.15) is 0 Å². The van der Waals surface area contributed by atoms with Crippen molar-refractivity contribution in [2.45, 2.75) is 31.6 Å². The van der Waals surface area contributed by atoms with E-state index < -0.39 is 0 Å². The third-order valence-corrected chi connectivity index (χ3v) is 6.42. The molecule has 28 heavy (non-hydrogen) atoms. The molecular formula is C20H31ClN4O2S. The maximum absolute atomic E-state index is 12.7. The van der Waals surface area contributed by atoms with E-state index in [1.807, 2.05) is 43.0 Å². The molecule has 1 aromatic rings. The summed E-state index contributed by atoms with van der Waals surface area (Å²) in [5.41, 5.74) is 1.95. The number of benzene rings is 1. The van der Waals surface area contributed by atoms with E-state index in [4.69, 9.17) is 0 Å². The van der Waals surface area contributed by atoms with Crippen LogP contribution < -0.4 is 10.6 Å². The quantitative estimate of drug-likeness (QED) is 0.728. The molecule has 1 aromatic carbocycles. The van der Waals surface area contributed by atoms with Gasteiger partial charge in [-0.25, -0.2) is 0 Å². The Bertz CT molecular complexity index is 652. The maximum Gasteiger partial charge on any atom is 0.235 e. The average Bonchev–Trinajstić information content (AvgIpc) is 3.18. The van der Waals surface area contributed by atoms with E-state index in [0.717, 1.165) is 56.9 Å². The maximum atomic E-state index is 12.7. The molecule has 0 aliphatic carbocycles. The highest BCUT2D eigenvalue weighted by Crippen LogP contribution is 2.21. The number of likely N-dealkylation sites (tertiary alicyclic amines) is 1. The first-order valence-electron chi connectivity index (χ1n) is 9.74. The van der Waals surface area contributed by atoms with Crippen LogP contribution in [0.2, 0.25) is 0 Å². The molecule has 2 aliphatic rings. The van der Waals surface area contributed by atoms with E-state index in [1.165, 1.54) is 11.8 Å². The van der Waals surface area contributed by atoms with Crippen LogP contribution in [0.5, 0.6) is 0 Å². The number of carbonyl (C=O) groups excluding carboxylic acids is 2. The van der Waals surface area contributed by atoms with Crippen molar-refractivity contribution in [3.63, 3.8) is 0 Å². The van der Waals surface area contributed by atoms with Gasteiger partial charge in [-0.05, 0) is 32.4 Å². The first kappa shape index (κ1) is 23.0. The van der Waals surface area contributed by atoms with Crippen molar-refractivity contribution < 1.29 is 9.59 Å². The van der Waals surface area contributed by atoms with E-state index >= 15 is 0 Å². The summed E-state index contributed by atoms with van der Waals surface area (Å²) < 4.78 is 0. The third kappa shape index (κ3) is 6.37. The van der Waals surface area contributed by atoms with E-state index in [1.54, 1.807) is 0 Å². The molecule has 2 aliphatic heterocycles. The van der Waals surface area contributed by atoms with Crippen LogP contribution in [0.25, 0.3) is 0 Å². The zero-order chi connectivity index (χ0) is 19.2. The lowest BCUT2D eigenvalue weighted by molar-refractivity contribution is -0.129. The molecule has 0 radical (unpaired) electrons. The molecule has 2 unspecified atom stereocenters. The van der Waals surface area contributed by atoms with Crippen molar-refractivity contribution in [3.8, 4) is 0 Å². The number of rotatable bonds is 6. The number of hydrogen-bond donors (Lipinski definition) is 2. The van der Waals surface area contributed by atoms with Crippen molar-refractivity contribution in [2.75, 3.05) is 50.3 Å². The minimum atomic E-state index is -0.199. The minimum Gasteiger partial charge on any atom is -0.340 e. The molecule has 2 amide bonds. The smallest absolute Gasteiger partial charge is 0.235 e. The van der Waals surface area contributed by atoms with Crippen LogP contribution in [0, 0.1) is 6.92 Å². The molecule has 2 N–H and O–H groups in total. The minimum absolute atomic E-state index is 0. The zero-order valence-corrected chi connectivity index (χ0v) is 18.3. The van der Waals surface area contributed by atoms with Gasteiger partial charge < -0.3 is 15.5 Å². The van der Waals surface area contributed by atoms with Crippen molar-refractivity contribution >= 4 is 41.7 Å². The van der Waals surface area contributed by atoms with Gasteiger partial charge in [-0.1, -0.05) is 17.7 Å². The second-order valence-corrected chi connectivity index (χ2v) is 8.71. The summed E-state index contributed by atoms with van der Waals surface area (Å²) in [5.74, 6) is 0.375. The predicted octanol–water partition coefficient (Wildman–Crippen LogP) is 1.98. The number of anilines is 1. The van der Waals surface area contributed by atoms with Crippen LogP contribution in [-0.2, 0) is 9.59 Å². The predicted molar refractivity (Wildman–Crippen MR) is 118 cm³/mol. The Hall–Kier alpha value is -1.28. The first-order chi connectivity index (χ1) is 13.0. The molecular weight excluding hydrogens is 396 g/mol. The Balaban J connectivity index is 0.00000280. The summed E-state index contributed by atoms with van der Waals surface area (Å²) in [4.78, 5) is 29.3. The van der Waals surface area contributed by atoms with Gasteiger partial charge in [-0.3, -0.25) is 14.5 Å². The molecule has 6 nitrogen and oxygen atoms in total.